The zero-order chi connectivity index (χ0) is 14.4. The van der Waals surface area contributed by atoms with Crippen LogP contribution in [0.15, 0.2) is 24.3 Å². The number of benzene rings is 1. The van der Waals surface area contributed by atoms with Crippen LogP contribution >= 0.6 is 0 Å². The van der Waals surface area contributed by atoms with Crippen molar-refractivity contribution in [3.63, 3.8) is 0 Å². The topological polar surface area (TPSA) is 61.4 Å². The van der Waals surface area contributed by atoms with E-state index in [9.17, 15) is 4.79 Å². The highest BCUT2D eigenvalue weighted by Gasteiger charge is 2.39. The number of aliphatic hydroxyl groups is 1. The average Bonchev–Trinajstić information content (AvgIpc) is 2.95. The lowest BCUT2D eigenvalue weighted by molar-refractivity contribution is -0.127. The highest BCUT2D eigenvalue weighted by molar-refractivity contribution is 5.86. The molecule has 0 bridgehead atoms. The lowest BCUT2D eigenvalue weighted by Crippen LogP contribution is -2.53. The predicted molar refractivity (Wildman–Crippen MR) is 79.1 cm³/mol. The first-order chi connectivity index (χ1) is 9.70. The van der Waals surface area contributed by atoms with Crippen LogP contribution in [-0.4, -0.2) is 23.1 Å². The zero-order valence-electron chi connectivity index (χ0n) is 12.1. The minimum atomic E-state index is -0.361. The summed E-state index contributed by atoms with van der Waals surface area (Å²) in [5.74, 6) is 0.114. The van der Waals surface area contributed by atoms with Crippen molar-refractivity contribution in [2.75, 3.05) is 6.54 Å². The molecule has 20 heavy (non-hydrogen) atoms. The van der Waals surface area contributed by atoms with Gasteiger partial charge in [0, 0.05) is 6.54 Å². The summed E-state index contributed by atoms with van der Waals surface area (Å²) in [5.41, 5.74) is 1.58. The van der Waals surface area contributed by atoms with Gasteiger partial charge in [-0.1, -0.05) is 37.6 Å². The molecule has 1 heterocycles. The third-order valence-electron chi connectivity index (χ3n) is 4.01. The van der Waals surface area contributed by atoms with Gasteiger partial charge in [0.25, 0.3) is 0 Å². The molecule has 4 heteroatoms. The third-order valence-corrected chi connectivity index (χ3v) is 4.01. The van der Waals surface area contributed by atoms with Gasteiger partial charge < -0.3 is 15.7 Å². The van der Waals surface area contributed by atoms with Crippen LogP contribution in [0.5, 0.6) is 0 Å². The molecule has 0 aromatic heterocycles. The number of nitrogens with one attached hydrogen (secondary N) is 2. The van der Waals surface area contributed by atoms with Crippen LogP contribution in [-0.2, 0) is 17.9 Å². The molecule has 4 nitrogen and oxygen atoms in total. The van der Waals surface area contributed by atoms with Gasteiger partial charge in [0.15, 0.2) is 0 Å². The molecule has 3 N–H and O–H groups in total. The number of rotatable bonds is 6. The number of hydrogen-bond donors (Lipinski definition) is 3. The Labute approximate surface area is 120 Å². The van der Waals surface area contributed by atoms with Crippen LogP contribution in [0.4, 0.5) is 0 Å². The van der Waals surface area contributed by atoms with E-state index < -0.39 is 0 Å². The largest absolute Gasteiger partial charge is 0.392 e. The van der Waals surface area contributed by atoms with E-state index in [0.717, 1.165) is 43.4 Å². The van der Waals surface area contributed by atoms with Crippen LogP contribution < -0.4 is 10.6 Å². The van der Waals surface area contributed by atoms with Crippen LogP contribution in [0.3, 0.4) is 0 Å². The Morgan fingerprint density at radius 2 is 2.05 bits per heavy atom. The monoisotopic (exact) mass is 276 g/mol. The van der Waals surface area contributed by atoms with Crippen molar-refractivity contribution in [2.24, 2.45) is 0 Å². The Morgan fingerprint density at radius 1 is 1.35 bits per heavy atom. The Balaban J connectivity index is 1.93. The first-order valence-corrected chi connectivity index (χ1v) is 7.42. The molecule has 0 radical (unpaired) electrons. The highest BCUT2D eigenvalue weighted by atomic mass is 16.3. The molecule has 1 unspecified atom stereocenters. The summed E-state index contributed by atoms with van der Waals surface area (Å²) in [6.45, 7) is 3.63. The fourth-order valence-electron chi connectivity index (χ4n) is 2.87. The van der Waals surface area contributed by atoms with Gasteiger partial charge >= 0.3 is 0 Å². The van der Waals surface area contributed by atoms with E-state index in [2.05, 4.69) is 17.6 Å². The fourth-order valence-corrected chi connectivity index (χ4v) is 2.87. The van der Waals surface area contributed by atoms with Gasteiger partial charge in [-0.25, -0.2) is 0 Å². The Hall–Kier alpha value is -1.39. The zero-order valence-corrected chi connectivity index (χ0v) is 12.1. The van der Waals surface area contributed by atoms with Crippen LogP contribution in [0.25, 0.3) is 0 Å². The van der Waals surface area contributed by atoms with E-state index in [0.29, 0.717) is 6.54 Å². The maximum atomic E-state index is 12.4. The van der Waals surface area contributed by atoms with Gasteiger partial charge in [-0.05, 0) is 36.9 Å². The van der Waals surface area contributed by atoms with Crippen molar-refractivity contribution in [3.05, 3.63) is 35.4 Å². The van der Waals surface area contributed by atoms with E-state index in [1.54, 1.807) is 0 Å². The molecule has 1 aliphatic heterocycles. The Bertz CT molecular complexity index is 436. The summed E-state index contributed by atoms with van der Waals surface area (Å²) in [6.07, 6.45) is 3.89. The van der Waals surface area contributed by atoms with Gasteiger partial charge in [-0.15, -0.1) is 0 Å². The van der Waals surface area contributed by atoms with Crippen LogP contribution in [0.1, 0.15) is 43.7 Å². The summed E-state index contributed by atoms with van der Waals surface area (Å²) in [5, 5.41) is 15.4. The summed E-state index contributed by atoms with van der Waals surface area (Å²) >= 11 is 0. The third kappa shape index (κ3) is 3.38. The summed E-state index contributed by atoms with van der Waals surface area (Å²) in [4.78, 5) is 12.4. The van der Waals surface area contributed by atoms with Crippen molar-refractivity contribution in [1.29, 1.82) is 0 Å². The maximum Gasteiger partial charge on any atom is 0.240 e. The van der Waals surface area contributed by atoms with E-state index in [1.165, 1.54) is 0 Å². The predicted octanol–water partition coefficient (Wildman–Crippen LogP) is 1.72. The van der Waals surface area contributed by atoms with Gasteiger partial charge in [0.2, 0.25) is 5.91 Å². The number of aliphatic hydroxyl groups excluding tert-OH is 1. The molecule has 1 aromatic rings. The molecule has 110 valence electrons. The van der Waals surface area contributed by atoms with Crippen molar-refractivity contribution in [3.8, 4) is 0 Å². The van der Waals surface area contributed by atoms with Gasteiger partial charge in [-0.3, -0.25) is 4.79 Å². The van der Waals surface area contributed by atoms with Gasteiger partial charge in [0.05, 0.1) is 12.1 Å². The highest BCUT2D eigenvalue weighted by Crippen LogP contribution is 2.25. The number of hydrogen-bond acceptors (Lipinski definition) is 3. The average molecular weight is 276 g/mol. The minimum absolute atomic E-state index is 0.0518. The fraction of sp³-hybridized carbons (Fsp3) is 0.562. The van der Waals surface area contributed by atoms with Gasteiger partial charge in [0.1, 0.15) is 0 Å². The molecule has 0 spiro atoms. The van der Waals surface area contributed by atoms with Crippen LogP contribution in [0.2, 0.25) is 0 Å². The molecular formula is C16H24N2O2. The molecule has 1 saturated heterocycles. The van der Waals surface area contributed by atoms with E-state index in [-0.39, 0.29) is 18.1 Å². The SMILES string of the molecule is CCCC1(C(=O)NCc2ccc(CO)cc2)CCCN1. The molecule has 0 aliphatic carbocycles. The van der Waals surface area contributed by atoms with E-state index >= 15 is 0 Å². The molecule has 1 aliphatic rings. The van der Waals surface area contributed by atoms with Crippen LogP contribution in [0, 0.1) is 0 Å². The molecule has 1 aromatic carbocycles. The van der Waals surface area contributed by atoms with E-state index in [4.69, 9.17) is 5.11 Å². The second-order valence-corrected chi connectivity index (χ2v) is 5.52. The van der Waals surface area contributed by atoms with Crippen molar-refractivity contribution in [2.45, 2.75) is 51.3 Å². The minimum Gasteiger partial charge on any atom is -0.392 e. The summed E-state index contributed by atoms with van der Waals surface area (Å²) < 4.78 is 0. The standard InChI is InChI=1S/C16H24N2O2/c1-2-8-16(9-3-10-18-16)15(20)17-11-13-4-6-14(12-19)7-5-13/h4-7,18-19H,2-3,8-12H2,1H3,(H,17,20). The Morgan fingerprint density at radius 3 is 2.60 bits per heavy atom. The van der Waals surface area contributed by atoms with Crippen molar-refractivity contribution < 1.29 is 9.90 Å². The van der Waals surface area contributed by atoms with Crippen molar-refractivity contribution >= 4 is 5.91 Å². The smallest absolute Gasteiger partial charge is 0.240 e. The number of carbonyl (C=O) groups is 1. The number of carbonyl (C=O) groups excluding carboxylic acids is 1. The second kappa shape index (κ2) is 6.86. The quantitative estimate of drug-likeness (QED) is 0.741. The maximum absolute atomic E-state index is 12.4. The normalized spacial score (nSPS) is 21.9. The lowest BCUT2D eigenvalue weighted by atomic mass is 9.91. The second-order valence-electron chi connectivity index (χ2n) is 5.52. The lowest BCUT2D eigenvalue weighted by Gasteiger charge is -2.27. The molecule has 2 rings (SSSR count). The molecule has 0 saturated carbocycles. The first kappa shape index (κ1) is 15.0. The molecule has 1 atom stereocenters. The number of amides is 1. The summed E-state index contributed by atoms with van der Waals surface area (Å²) in [6, 6.07) is 7.66. The molecular weight excluding hydrogens is 252 g/mol. The summed E-state index contributed by atoms with van der Waals surface area (Å²) in [7, 11) is 0. The Kier molecular flexibility index (Phi) is 5.15. The van der Waals surface area contributed by atoms with E-state index in [1.807, 2.05) is 24.3 Å². The first-order valence-electron chi connectivity index (χ1n) is 7.42. The molecule has 1 fully saturated rings. The van der Waals surface area contributed by atoms with Crippen molar-refractivity contribution in [1.82, 2.24) is 10.6 Å². The molecule has 1 amide bonds. The van der Waals surface area contributed by atoms with Gasteiger partial charge in [-0.2, -0.15) is 0 Å².